The number of ether oxygens (including phenoxy) is 1. The molecule has 0 aliphatic carbocycles. The molecule has 2 aromatic carbocycles. The summed E-state index contributed by atoms with van der Waals surface area (Å²) < 4.78 is 4.94. The van der Waals surface area contributed by atoms with Crippen LogP contribution in [0.5, 0.6) is 0 Å². The van der Waals surface area contributed by atoms with E-state index in [1.165, 1.54) is 7.11 Å². The molecule has 0 saturated heterocycles. The van der Waals surface area contributed by atoms with Crippen molar-refractivity contribution < 1.29 is 14.3 Å². The third kappa shape index (κ3) is 2.39. The van der Waals surface area contributed by atoms with Crippen molar-refractivity contribution in [1.29, 1.82) is 0 Å². The van der Waals surface area contributed by atoms with Crippen LogP contribution in [0.1, 0.15) is 24.1 Å². The molecule has 5 heteroatoms. The topological polar surface area (TPSA) is 67.4 Å². The second-order valence-electron chi connectivity index (χ2n) is 5.52. The monoisotopic (exact) mass is 310 g/mol. The van der Waals surface area contributed by atoms with Crippen molar-refractivity contribution in [2.75, 3.05) is 12.4 Å². The van der Waals surface area contributed by atoms with Gasteiger partial charge in [-0.1, -0.05) is 48.5 Å². The van der Waals surface area contributed by atoms with Crippen LogP contribution in [0, 0.1) is 0 Å². The van der Waals surface area contributed by atoms with E-state index in [4.69, 9.17) is 4.74 Å². The lowest BCUT2D eigenvalue weighted by molar-refractivity contribution is -0.153. The first-order chi connectivity index (χ1) is 11.1. The Kier molecular flexibility index (Phi) is 3.88. The van der Waals surface area contributed by atoms with E-state index >= 15 is 0 Å². The second kappa shape index (κ2) is 5.85. The quantitative estimate of drug-likeness (QED) is 0.672. The normalized spacial score (nSPS) is 20.5. The van der Waals surface area contributed by atoms with E-state index in [1.807, 2.05) is 43.3 Å². The van der Waals surface area contributed by atoms with E-state index in [-0.39, 0.29) is 6.04 Å². The number of hydrogen-bond acceptors (Lipinski definition) is 4. The Hall–Kier alpha value is -2.66. The predicted molar refractivity (Wildman–Crippen MR) is 86.8 cm³/mol. The van der Waals surface area contributed by atoms with E-state index in [9.17, 15) is 9.59 Å². The highest BCUT2D eigenvalue weighted by atomic mass is 16.5. The summed E-state index contributed by atoms with van der Waals surface area (Å²) in [6.07, 6.45) is 0. The molecule has 0 unspecified atom stereocenters. The number of esters is 1. The van der Waals surface area contributed by atoms with Gasteiger partial charge in [0.1, 0.15) is 0 Å². The van der Waals surface area contributed by atoms with Gasteiger partial charge in [0.15, 0.2) is 0 Å². The van der Waals surface area contributed by atoms with Gasteiger partial charge in [-0.2, -0.15) is 0 Å². The van der Waals surface area contributed by atoms with Gasteiger partial charge in [0.25, 0.3) is 5.91 Å². The molecule has 0 spiro atoms. The highest BCUT2D eigenvalue weighted by Gasteiger charge is 2.54. The molecule has 1 aliphatic heterocycles. The molecule has 0 radical (unpaired) electrons. The summed E-state index contributed by atoms with van der Waals surface area (Å²) in [7, 11) is 1.28. The number of hydrogen-bond donors (Lipinski definition) is 2. The number of carbonyl (C=O) groups excluding carboxylic acids is 2. The molecule has 0 aromatic heterocycles. The van der Waals surface area contributed by atoms with Crippen molar-refractivity contribution in [2.24, 2.45) is 0 Å². The van der Waals surface area contributed by atoms with Gasteiger partial charge in [0.05, 0.1) is 7.11 Å². The third-order valence-corrected chi connectivity index (χ3v) is 4.14. The SMILES string of the molecule is COC(=O)[C@@]1(N[C@@H](C)c2ccccc2)C(=O)Nc2ccccc21. The molecule has 2 N–H and O–H groups in total. The number of anilines is 1. The number of benzene rings is 2. The Labute approximate surface area is 134 Å². The Morgan fingerprint density at radius 1 is 1.13 bits per heavy atom. The minimum atomic E-state index is -1.54. The molecular weight excluding hydrogens is 292 g/mol. The summed E-state index contributed by atoms with van der Waals surface area (Å²) >= 11 is 0. The van der Waals surface area contributed by atoms with Crippen molar-refractivity contribution in [3.63, 3.8) is 0 Å². The Morgan fingerprint density at radius 3 is 2.48 bits per heavy atom. The zero-order valence-electron chi connectivity index (χ0n) is 13.0. The fraction of sp³-hybridized carbons (Fsp3) is 0.222. The third-order valence-electron chi connectivity index (χ3n) is 4.14. The zero-order chi connectivity index (χ0) is 16.4. The Morgan fingerprint density at radius 2 is 1.78 bits per heavy atom. The summed E-state index contributed by atoms with van der Waals surface area (Å²) in [5.74, 6) is -1.05. The van der Waals surface area contributed by atoms with Crippen LogP contribution >= 0.6 is 0 Å². The van der Waals surface area contributed by atoms with Gasteiger partial charge < -0.3 is 10.1 Å². The molecule has 0 bridgehead atoms. The van der Waals surface area contributed by atoms with E-state index in [0.717, 1.165) is 5.56 Å². The van der Waals surface area contributed by atoms with Crippen LogP contribution in [0.2, 0.25) is 0 Å². The van der Waals surface area contributed by atoms with Gasteiger partial charge in [-0.3, -0.25) is 10.1 Å². The molecule has 23 heavy (non-hydrogen) atoms. The number of fused-ring (bicyclic) bond motifs is 1. The molecule has 5 nitrogen and oxygen atoms in total. The summed E-state index contributed by atoms with van der Waals surface area (Å²) in [5.41, 5.74) is 0.642. The van der Waals surface area contributed by atoms with Gasteiger partial charge in [-0.05, 0) is 18.6 Å². The van der Waals surface area contributed by atoms with Gasteiger partial charge >= 0.3 is 5.97 Å². The predicted octanol–water partition coefficient (Wildman–Crippen LogP) is 2.36. The van der Waals surface area contributed by atoms with E-state index < -0.39 is 17.4 Å². The molecule has 1 amide bonds. The maximum Gasteiger partial charge on any atom is 0.340 e. The number of amides is 1. The molecule has 2 aromatic rings. The molecule has 3 rings (SSSR count). The van der Waals surface area contributed by atoms with E-state index in [0.29, 0.717) is 11.3 Å². The summed E-state index contributed by atoms with van der Waals surface area (Å²) in [5, 5.41) is 5.94. The minimum absolute atomic E-state index is 0.216. The van der Waals surface area contributed by atoms with Crippen LogP contribution in [0.25, 0.3) is 0 Å². The van der Waals surface area contributed by atoms with Crippen LogP contribution in [0.15, 0.2) is 54.6 Å². The first-order valence-corrected chi connectivity index (χ1v) is 7.41. The van der Waals surface area contributed by atoms with Crippen molar-refractivity contribution in [1.82, 2.24) is 5.32 Å². The van der Waals surface area contributed by atoms with E-state index in [1.54, 1.807) is 18.2 Å². The fourth-order valence-corrected chi connectivity index (χ4v) is 2.97. The van der Waals surface area contributed by atoms with Crippen LogP contribution in [-0.2, 0) is 19.9 Å². The molecule has 0 saturated carbocycles. The lowest BCUT2D eigenvalue weighted by Gasteiger charge is -2.29. The molecule has 1 heterocycles. The van der Waals surface area contributed by atoms with Crippen molar-refractivity contribution >= 4 is 17.6 Å². The lowest BCUT2D eigenvalue weighted by Crippen LogP contribution is -2.55. The van der Waals surface area contributed by atoms with Gasteiger partial charge in [0.2, 0.25) is 5.54 Å². The number of nitrogens with one attached hydrogen (secondary N) is 2. The number of para-hydroxylation sites is 1. The first-order valence-electron chi connectivity index (χ1n) is 7.41. The van der Waals surface area contributed by atoms with E-state index in [2.05, 4.69) is 10.6 Å². The summed E-state index contributed by atoms with van der Waals surface area (Å²) in [4.78, 5) is 25.2. The molecule has 1 aliphatic rings. The number of carbonyl (C=O) groups is 2. The van der Waals surface area contributed by atoms with Crippen LogP contribution < -0.4 is 10.6 Å². The zero-order valence-corrected chi connectivity index (χ0v) is 13.0. The second-order valence-corrected chi connectivity index (χ2v) is 5.52. The van der Waals surface area contributed by atoms with Crippen molar-refractivity contribution in [3.8, 4) is 0 Å². The molecular formula is C18H18N2O3. The highest BCUT2D eigenvalue weighted by Crippen LogP contribution is 2.38. The fourth-order valence-electron chi connectivity index (χ4n) is 2.97. The average Bonchev–Trinajstić information content (AvgIpc) is 2.87. The number of rotatable bonds is 4. The smallest absolute Gasteiger partial charge is 0.340 e. The Balaban J connectivity index is 2.05. The lowest BCUT2D eigenvalue weighted by atomic mass is 9.89. The summed E-state index contributed by atoms with van der Waals surface area (Å²) in [6, 6.07) is 16.6. The molecule has 2 atom stereocenters. The standard InChI is InChI=1S/C18H18N2O3/c1-12(13-8-4-3-5-9-13)20-18(17(22)23-2)14-10-6-7-11-15(14)19-16(18)21/h3-12,20H,1-2H3,(H,19,21)/t12-,18-/m0/s1. The molecule has 118 valence electrons. The van der Waals surface area contributed by atoms with Gasteiger partial charge in [-0.25, -0.2) is 4.79 Å². The first kappa shape index (κ1) is 15.2. The maximum atomic E-state index is 12.6. The van der Waals surface area contributed by atoms with Crippen molar-refractivity contribution in [3.05, 3.63) is 65.7 Å². The highest BCUT2D eigenvalue weighted by molar-refractivity contribution is 6.18. The average molecular weight is 310 g/mol. The van der Waals surface area contributed by atoms with Crippen LogP contribution in [0.3, 0.4) is 0 Å². The van der Waals surface area contributed by atoms with Crippen LogP contribution in [0.4, 0.5) is 5.69 Å². The minimum Gasteiger partial charge on any atom is -0.467 e. The number of methoxy groups -OCH3 is 1. The maximum absolute atomic E-state index is 12.6. The van der Waals surface area contributed by atoms with Gasteiger partial charge in [-0.15, -0.1) is 0 Å². The van der Waals surface area contributed by atoms with Gasteiger partial charge in [0, 0.05) is 17.3 Å². The summed E-state index contributed by atoms with van der Waals surface area (Å²) in [6.45, 7) is 1.91. The Bertz CT molecular complexity index is 735. The van der Waals surface area contributed by atoms with Crippen LogP contribution in [-0.4, -0.2) is 19.0 Å². The molecule has 0 fully saturated rings. The largest absolute Gasteiger partial charge is 0.467 e. The van der Waals surface area contributed by atoms with Crippen molar-refractivity contribution in [2.45, 2.75) is 18.5 Å².